The standard InChI is InChI=1S/C14H22N2OS/c1-16(9-8-13-3-2-10-18-13)14(17)11-4-6-12(15)7-5-11/h2-3,10-12H,4-9,15H2,1H3. The van der Waals surface area contributed by atoms with Crippen molar-refractivity contribution >= 4 is 17.2 Å². The van der Waals surface area contributed by atoms with Crippen LogP contribution in [-0.4, -0.2) is 30.4 Å². The van der Waals surface area contributed by atoms with E-state index in [9.17, 15) is 4.79 Å². The zero-order valence-electron chi connectivity index (χ0n) is 11.0. The van der Waals surface area contributed by atoms with Crippen LogP contribution < -0.4 is 5.73 Å². The summed E-state index contributed by atoms with van der Waals surface area (Å²) >= 11 is 1.76. The quantitative estimate of drug-likeness (QED) is 0.908. The second-order valence-corrected chi connectivity index (χ2v) is 6.23. The van der Waals surface area contributed by atoms with E-state index in [-0.39, 0.29) is 5.92 Å². The minimum absolute atomic E-state index is 0.207. The van der Waals surface area contributed by atoms with Crippen molar-refractivity contribution in [3.8, 4) is 0 Å². The summed E-state index contributed by atoms with van der Waals surface area (Å²) in [6.45, 7) is 0.821. The van der Waals surface area contributed by atoms with Crippen LogP contribution in [0.25, 0.3) is 0 Å². The molecule has 1 saturated carbocycles. The van der Waals surface area contributed by atoms with E-state index >= 15 is 0 Å². The highest BCUT2D eigenvalue weighted by atomic mass is 32.1. The molecule has 3 nitrogen and oxygen atoms in total. The van der Waals surface area contributed by atoms with Crippen LogP contribution in [0.2, 0.25) is 0 Å². The Morgan fingerprint density at radius 1 is 1.44 bits per heavy atom. The first kappa shape index (κ1) is 13.6. The highest BCUT2D eigenvalue weighted by Gasteiger charge is 2.26. The van der Waals surface area contributed by atoms with E-state index in [1.165, 1.54) is 4.88 Å². The summed E-state index contributed by atoms with van der Waals surface area (Å²) in [5.41, 5.74) is 5.87. The topological polar surface area (TPSA) is 46.3 Å². The molecule has 18 heavy (non-hydrogen) atoms. The van der Waals surface area contributed by atoms with Crippen LogP contribution >= 0.6 is 11.3 Å². The Balaban J connectivity index is 1.77. The molecule has 0 bridgehead atoms. The fourth-order valence-corrected chi connectivity index (χ4v) is 3.22. The predicted octanol–water partition coefficient (Wildman–Crippen LogP) is 2.27. The first-order chi connectivity index (χ1) is 8.66. The third kappa shape index (κ3) is 3.56. The average Bonchev–Trinajstić information content (AvgIpc) is 2.89. The fraction of sp³-hybridized carbons (Fsp3) is 0.643. The van der Waals surface area contributed by atoms with Gasteiger partial charge in [-0.3, -0.25) is 4.79 Å². The van der Waals surface area contributed by atoms with Crippen molar-refractivity contribution in [1.29, 1.82) is 0 Å². The zero-order chi connectivity index (χ0) is 13.0. The molecule has 2 rings (SSSR count). The molecule has 1 aliphatic carbocycles. The molecular formula is C14H22N2OS. The van der Waals surface area contributed by atoms with Crippen molar-refractivity contribution in [2.45, 2.75) is 38.1 Å². The summed E-state index contributed by atoms with van der Waals surface area (Å²) in [5, 5.41) is 2.08. The van der Waals surface area contributed by atoms with E-state index in [0.29, 0.717) is 11.9 Å². The number of likely N-dealkylation sites (N-methyl/N-ethyl adjacent to an activating group) is 1. The van der Waals surface area contributed by atoms with Crippen LogP contribution in [0.1, 0.15) is 30.6 Å². The normalized spacial score (nSPS) is 23.9. The maximum Gasteiger partial charge on any atom is 0.225 e. The summed E-state index contributed by atoms with van der Waals surface area (Å²) in [5.74, 6) is 0.511. The van der Waals surface area contributed by atoms with Crippen molar-refractivity contribution in [3.05, 3.63) is 22.4 Å². The molecule has 1 aromatic rings. The summed E-state index contributed by atoms with van der Waals surface area (Å²) in [4.78, 5) is 15.5. The van der Waals surface area contributed by atoms with Crippen LogP contribution in [0.15, 0.2) is 17.5 Å². The van der Waals surface area contributed by atoms with Gasteiger partial charge in [-0.25, -0.2) is 0 Å². The van der Waals surface area contributed by atoms with Crippen molar-refractivity contribution in [2.75, 3.05) is 13.6 Å². The zero-order valence-corrected chi connectivity index (χ0v) is 11.8. The highest BCUT2D eigenvalue weighted by Crippen LogP contribution is 2.24. The summed E-state index contributed by atoms with van der Waals surface area (Å²) in [6, 6.07) is 4.50. The third-order valence-electron chi connectivity index (χ3n) is 3.77. The van der Waals surface area contributed by atoms with Gasteiger partial charge in [0, 0.05) is 30.4 Å². The lowest BCUT2D eigenvalue weighted by molar-refractivity contribution is -0.135. The molecule has 1 aromatic heterocycles. The third-order valence-corrected chi connectivity index (χ3v) is 4.71. The van der Waals surface area contributed by atoms with E-state index in [1.807, 2.05) is 11.9 Å². The van der Waals surface area contributed by atoms with Crippen LogP contribution in [0, 0.1) is 5.92 Å². The lowest BCUT2D eigenvalue weighted by Gasteiger charge is -2.28. The summed E-state index contributed by atoms with van der Waals surface area (Å²) in [7, 11) is 1.92. The van der Waals surface area contributed by atoms with Crippen LogP contribution in [0.3, 0.4) is 0 Å². The molecule has 0 aromatic carbocycles. The number of hydrogen-bond acceptors (Lipinski definition) is 3. The molecule has 2 N–H and O–H groups in total. The van der Waals surface area contributed by atoms with Gasteiger partial charge in [0.05, 0.1) is 0 Å². The lowest BCUT2D eigenvalue weighted by atomic mass is 9.85. The average molecular weight is 266 g/mol. The Morgan fingerprint density at radius 3 is 2.78 bits per heavy atom. The smallest absolute Gasteiger partial charge is 0.225 e. The van der Waals surface area contributed by atoms with Crippen LogP contribution in [0.4, 0.5) is 0 Å². The SMILES string of the molecule is CN(CCc1cccs1)C(=O)C1CCC(N)CC1. The van der Waals surface area contributed by atoms with Crippen molar-refractivity contribution in [3.63, 3.8) is 0 Å². The Kier molecular flexibility index (Phi) is 4.78. The first-order valence-electron chi connectivity index (χ1n) is 6.69. The largest absolute Gasteiger partial charge is 0.345 e. The molecule has 1 amide bonds. The number of nitrogens with zero attached hydrogens (tertiary/aromatic N) is 1. The summed E-state index contributed by atoms with van der Waals surface area (Å²) in [6.07, 6.45) is 4.88. The molecule has 0 aliphatic heterocycles. The van der Waals surface area contributed by atoms with Gasteiger partial charge in [0.25, 0.3) is 0 Å². The molecule has 4 heteroatoms. The first-order valence-corrected chi connectivity index (χ1v) is 7.57. The van der Waals surface area contributed by atoms with Crippen LogP contribution in [0.5, 0.6) is 0 Å². The number of amides is 1. The highest BCUT2D eigenvalue weighted by molar-refractivity contribution is 7.09. The Morgan fingerprint density at radius 2 is 2.17 bits per heavy atom. The van der Waals surface area contributed by atoms with Crippen LogP contribution in [-0.2, 0) is 11.2 Å². The molecule has 0 unspecified atom stereocenters. The molecule has 0 spiro atoms. The maximum atomic E-state index is 12.3. The van der Waals surface area contributed by atoms with Crippen molar-refractivity contribution in [1.82, 2.24) is 4.90 Å². The second-order valence-electron chi connectivity index (χ2n) is 5.20. The van der Waals surface area contributed by atoms with Gasteiger partial charge in [-0.2, -0.15) is 0 Å². The maximum absolute atomic E-state index is 12.3. The molecular weight excluding hydrogens is 244 g/mol. The number of nitrogens with two attached hydrogens (primary N) is 1. The fourth-order valence-electron chi connectivity index (χ4n) is 2.52. The van der Waals surface area contributed by atoms with E-state index < -0.39 is 0 Å². The summed E-state index contributed by atoms with van der Waals surface area (Å²) < 4.78 is 0. The lowest BCUT2D eigenvalue weighted by Crippen LogP contribution is -2.38. The minimum Gasteiger partial charge on any atom is -0.345 e. The molecule has 100 valence electrons. The number of carbonyl (C=O) groups is 1. The monoisotopic (exact) mass is 266 g/mol. The van der Waals surface area contributed by atoms with Gasteiger partial charge in [-0.1, -0.05) is 6.07 Å². The minimum atomic E-state index is 0.207. The van der Waals surface area contributed by atoms with Gasteiger partial charge < -0.3 is 10.6 Å². The van der Waals surface area contributed by atoms with Crippen molar-refractivity contribution in [2.24, 2.45) is 11.7 Å². The van der Waals surface area contributed by atoms with Gasteiger partial charge in [0.2, 0.25) is 5.91 Å². The molecule has 1 heterocycles. The predicted molar refractivity (Wildman–Crippen MR) is 75.6 cm³/mol. The molecule has 1 fully saturated rings. The number of hydrogen-bond donors (Lipinski definition) is 1. The van der Waals surface area contributed by atoms with Gasteiger partial charge in [0.1, 0.15) is 0 Å². The van der Waals surface area contributed by atoms with Gasteiger partial charge in [-0.15, -0.1) is 11.3 Å². The van der Waals surface area contributed by atoms with Crippen molar-refractivity contribution < 1.29 is 4.79 Å². The van der Waals surface area contributed by atoms with E-state index in [4.69, 9.17) is 5.73 Å². The van der Waals surface area contributed by atoms with Gasteiger partial charge in [-0.05, 0) is 43.6 Å². The van der Waals surface area contributed by atoms with Gasteiger partial charge in [0.15, 0.2) is 0 Å². The molecule has 0 saturated heterocycles. The Hall–Kier alpha value is -0.870. The molecule has 0 radical (unpaired) electrons. The van der Waals surface area contributed by atoms with E-state index in [0.717, 1.165) is 38.6 Å². The van der Waals surface area contributed by atoms with E-state index in [2.05, 4.69) is 17.5 Å². The molecule has 1 aliphatic rings. The van der Waals surface area contributed by atoms with E-state index in [1.54, 1.807) is 11.3 Å². The number of carbonyl (C=O) groups excluding carboxylic acids is 1. The Labute approximate surface area is 113 Å². The number of thiophene rings is 1. The number of rotatable bonds is 4. The second kappa shape index (κ2) is 6.34. The molecule has 0 atom stereocenters. The Bertz CT molecular complexity index is 369. The van der Waals surface area contributed by atoms with Gasteiger partial charge >= 0.3 is 0 Å².